The van der Waals surface area contributed by atoms with E-state index in [4.69, 9.17) is 19.3 Å². The lowest BCUT2D eigenvalue weighted by Crippen LogP contribution is -2.45. The Labute approximate surface area is 500 Å². The van der Waals surface area contributed by atoms with Crippen LogP contribution in [0.5, 0.6) is 11.5 Å². The van der Waals surface area contributed by atoms with Crippen LogP contribution < -0.4 is 40.1 Å². The highest BCUT2D eigenvalue weighted by Crippen LogP contribution is 2.66. The van der Waals surface area contributed by atoms with Crippen molar-refractivity contribution in [3.05, 3.63) is 86.9 Å². The van der Waals surface area contributed by atoms with E-state index in [0.29, 0.717) is 68.1 Å². The molecule has 29 nitrogen and oxygen atoms in total. The number of benzene rings is 3. The summed E-state index contributed by atoms with van der Waals surface area (Å²) in [6.07, 6.45) is 8.06. The van der Waals surface area contributed by atoms with E-state index in [1.807, 2.05) is 0 Å². The smallest absolute Gasteiger partial charge is 0.455 e. The summed E-state index contributed by atoms with van der Waals surface area (Å²) in [5, 5.41) is 29.4. The van der Waals surface area contributed by atoms with E-state index in [0.717, 1.165) is 129 Å². The molecule has 0 aliphatic carbocycles. The van der Waals surface area contributed by atoms with Crippen molar-refractivity contribution in [3.8, 4) is 11.5 Å². The van der Waals surface area contributed by atoms with Gasteiger partial charge >= 0.3 is 23.5 Å². The van der Waals surface area contributed by atoms with Crippen LogP contribution in [-0.2, 0) is 82.2 Å². The number of aliphatic hydroxyl groups is 2. The Bertz CT molecular complexity index is 4030. The SMILES string of the molecule is O=C(CCCCCNS(=O)(=O)c1ccc(C2=c3cc4c5c(c3Oc3c2cc2c6c3CCCN6CCC2)CCC[N+]=5CCC4)c(S(=O)(=O)O)c1)NCCCCCCNc1ncnc2c1ncn2[C@@H]1O[C@H](COP(=O)(O)OP(=O)(O)OP(=O)(O)O)[C@@H](O)[C@H]1O. The molecule has 1 amide bonds. The lowest BCUT2D eigenvalue weighted by molar-refractivity contribution is -0.121. The van der Waals surface area contributed by atoms with Crippen LogP contribution >= 0.6 is 23.5 Å². The second-order valence-electron chi connectivity index (χ2n) is 22.4. The molecule has 0 spiro atoms. The first-order valence-electron chi connectivity index (χ1n) is 28.9. The second kappa shape index (κ2) is 25.6. The predicted molar refractivity (Wildman–Crippen MR) is 311 cm³/mol. The molecule has 87 heavy (non-hydrogen) atoms. The van der Waals surface area contributed by atoms with E-state index in [2.05, 4.69) is 65.1 Å². The molecule has 1 saturated heterocycles. The minimum absolute atomic E-state index is 0.0331. The third kappa shape index (κ3) is 14.0. The number of aryl methyl sites for hydroxylation is 2. The zero-order valence-electron chi connectivity index (χ0n) is 47.1. The third-order valence-corrected chi connectivity index (χ3v) is 22.5. The number of hydrogen-bond donors (Lipinski definition) is 10. The molecule has 6 aliphatic rings. The largest absolute Gasteiger partial charge is 0.490 e. The zero-order valence-corrected chi connectivity index (χ0v) is 51.4. The molecule has 8 heterocycles. The molecular formula is C53H69N9O20P3S2+. The average molecular weight is 1310 g/mol. The van der Waals surface area contributed by atoms with Gasteiger partial charge in [-0.05, 0) is 94.0 Å². The van der Waals surface area contributed by atoms with Crippen LogP contribution in [0.3, 0.4) is 0 Å². The highest BCUT2D eigenvalue weighted by atomic mass is 32.2. The average Bonchev–Trinajstić information content (AvgIpc) is 1.41. The first-order chi connectivity index (χ1) is 41.4. The molecule has 0 saturated carbocycles. The normalized spacial score (nSPS) is 21.3. The van der Waals surface area contributed by atoms with E-state index >= 15 is 0 Å². The van der Waals surface area contributed by atoms with Crippen molar-refractivity contribution in [1.82, 2.24) is 34.1 Å². The summed E-state index contributed by atoms with van der Waals surface area (Å²) in [4.78, 5) is 63.7. The zero-order chi connectivity index (χ0) is 61.6. The molecule has 2 unspecified atom stereocenters. The van der Waals surface area contributed by atoms with Gasteiger partial charge in [0.1, 0.15) is 54.1 Å². The predicted octanol–water partition coefficient (Wildman–Crippen LogP) is 3.10. The van der Waals surface area contributed by atoms with Crippen molar-refractivity contribution in [1.29, 1.82) is 0 Å². The highest BCUT2D eigenvalue weighted by Gasteiger charge is 2.47. The maximum absolute atomic E-state index is 13.8. The number of phosphoric acid groups is 3. The second-order valence-corrected chi connectivity index (χ2v) is 29.9. The number of rotatable bonds is 26. The number of amides is 1. The van der Waals surface area contributed by atoms with Crippen LogP contribution in [0.15, 0.2) is 52.8 Å². The molecular weight excluding hydrogens is 1240 g/mol. The first kappa shape index (κ1) is 63.4. The van der Waals surface area contributed by atoms with Crippen molar-refractivity contribution >= 4 is 77.8 Å². The summed E-state index contributed by atoms with van der Waals surface area (Å²) in [7, 11) is -26.2. The topological polar surface area (TPSA) is 410 Å². The summed E-state index contributed by atoms with van der Waals surface area (Å²) in [5.41, 5.74) is 7.72. The van der Waals surface area contributed by atoms with Crippen molar-refractivity contribution in [2.75, 3.05) is 62.6 Å². The Balaban J connectivity index is 0.635. The molecule has 10 N–H and O–H groups in total. The fourth-order valence-corrected chi connectivity index (χ4v) is 17.6. The summed E-state index contributed by atoms with van der Waals surface area (Å²) < 4.78 is 131. The number of imidazole rings is 1. The Morgan fingerprint density at radius 1 is 0.759 bits per heavy atom. The Hall–Kier alpha value is -5.14. The third-order valence-electron chi connectivity index (χ3n) is 16.4. The molecule has 34 heteroatoms. The molecule has 2 aromatic heterocycles. The van der Waals surface area contributed by atoms with Gasteiger partial charge in [0.15, 0.2) is 23.2 Å². The Morgan fingerprint density at radius 3 is 2.24 bits per heavy atom. The van der Waals surface area contributed by atoms with Crippen LogP contribution in [0.4, 0.5) is 11.5 Å². The van der Waals surface area contributed by atoms with Gasteiger partial charge in [-0.1, -0.05) is 25.3 Å². The number of sulfonamides is 1. The molecule has 3 aromatic carbocycles. The van der Waals surface area contributed by atoms with Crippen LogP contribution in [0.1, 0.15) is 117 Å². The summed E-state index contributed by atoms with van der Waals surface area (Å²) in [6, 6.07) is 8.17. The number of nitrogens with one attached hydrogen (secondary N) is 3. The van der Waals surface area contributed by atoms with Gasteiger partial charge in [-0.15, -0.1) is 0 Å². The van der Waals surface area contributed by atoms with Gasteiger partial charge in [0.25, 0.3) is 10.1 Å². The maximum atomic E-state index is 13.8. The number of carbonyl (C=O) groups is 1. The fraction of sp³-hybridized carbons (Fsp3) is 0.528. The number of anilines is 2. The number of aliphatic hydroxyl groups excluding tert-OH is 2. The monoisotopic (exact) mass is 1310 g/mol. The van der Waals surface area contributed by atoms with Crippen LogP contribution in [0.25, 0.3) is 16.7 Å². The van der Waals surface area contributed by atoms with Gasteiger partial charge < -0.3 is 54.8 Å². The molecule has 0 bridgehead atoms. The van der Waals surface area contributed by atoms with E-state index in [1.54, 1.807) is 0 Å². The molecule has 472 valence electrons. The van der Waals surface area contributed by atoms with Gasteiger partial charge in [-0.3, -0.25) is 18.4 Å². The van der Waals surface area contributed by atoms with E-state index < -0.39 is 79.7 Å². The Kier molecular flexibility index (Phi) is 18.7. The number of nitrogens with zero attached hydrogens (tertiary/aromatic N) is 6. The van der Waals surface area contributed by atoms with Crippen LogP contribution in [-0.4, -0.2) is 147 Å². The van der Waals surface area contributed by atoms with Crippen LogP contribution in [0.2, 0.25) is 0 Å². The molecule has 5 aromatic rings. The molecule has 11 rings (SSSR count). The van der Waals surface area contributed by atoms with Gasteiger partial charge in [0.2, 0.25) is 21.3 Å². The van der Waals surface area contributed by atoms with E-state index in [1.165, 1.54) is 40.4 Å². The number of carbonyl (C=O) groups excluding carboxylic acids is 1. The lowest BCUT2D eigenvalue weighted by atomic mass is 9.82. The number of unbranched alkanes of at least 4 members (excludes halogenated alkanes) is 5. The summed E-state index contributed by atoms with van der Waals surface area (Å²) in [5.74, 6) is 1.60. The number of hydrogen-bond acceptors (Lipinski definition) is 20. The van der Waals surface area contributed by atoms with Gasteiger partial charge in [0, 0.05) is 90.7 Å². The molecule has 1 fully saturated rings. The number of fused-ring (bicyclic) bond motifs is 5. The van der Waals surface area contributed by atoms with E-state index in [9.17, 15) is 59.9 Å². The number of phosphoric ester groups is 1. The Morgan fingerprint density at radius 2 is 1.47 bits per heavy atom. The maximum Gasteiger partial charge on any atom is 0.490 e. The van der Waals surface area contributed by atoms with Gasteiger partial charge in [-0.25, -0.2) is 46.4 Å². The standard InChI is InChI=1S/C53H68N9O20P3S2/c63-42(54-19-5-1-2-6-20-55-51-44-52(57-30-56-51)62(31-58-44)53-48(65)47(64)40(79-53)29-78-84(69,70)82-85(71,72)81-83(66,67)68)16-4-3-7-21-59-86(73,74)34-17-18-35(41(28-34)87(75,76)77)43-38-26-32-12-8-22-60-24-10-14-36(45(32)60)49(38)80-50-37-15-11-25-61-23-9-13-33(46(37)61)27-39(43)50/h17-18,26-28,30-31,40,47-48,53,59,64-65H,1-16,19-25,29H2,(H6-,54,55,56,57,63,66,67,68,69,70,71,72,75,76,77)/p+1/t40-,47-,48-,53-/m1/s1. The van der Waals surface area contributed by atoms with Crippen molar-refractivity contribution < 1.29 is 92.3 Å². The molecule has 6 atom stereocenters. The molecule has 0 radical (unpaired) electrons. The van der Waals surface area contributed by atoms with Crippen molar-refractivity contribution in [2.45, 2.75) is 137 Å². The number of aromatic nitrogens is 4. The van der Waals surface area contributed by atoms with Crippen molar-refractivity contribution in [3.63, 3.8) is 0 Å². The summed E-state index contributed by atoms with van der Waals surface area (Å²) >= 11 is 0. The fourth-order valence-electron chi connectivity index (χ4n) is 12.6. The minimum atomic E-state index is -5.79. The van der Waals surface area contributed by atoms with Gasteiger partial charge in [-0.2, -0.15) is 17.0 Å². The number of ether oxygens (including phenoxy) is 2. The highest BCUT2D eigenvalue weighted by molar-refractivity contribution is 7.89. The lowest BCUT2D eigenvalue weighted by Gasteiger charge is -2.39. The molecule has 6 aliphatic heterocycles. The first-order valence-corrected chi connectivity index (χ1v) is 36.3. The van der Waals surface area contributed by atoms with E-state index in [-0.39, 0.29) is 40.5 Å². The minimum Gasteiger partial charge on any atom is -0.455 e. The van der Waals surface area contributed by atoms with Crippen LogP contribution in [0, 0.1) is 0 Å². The quantitative estimate of drug-likeness (QED) is 0.0161. The van der Waals surface area contributed by atoms with Gasteiger partial charge in [0.05, 0.1) is 23.4 Å². The van der Waals surface area contributed by atoms with Crippen molar-refractivity contribution in [2.24, 2.45) is 0 Å². The summed E-state index contributed by atoms with van der Waals surface area (Å²) in [6.45, 7) is 3.77.